The molecule has 2 rings (SSSR count). The van der Waals surface area contributed by atoms with Gasteiger partial charge in [-0.3, -0.25) is 0 Å². The van der Waals surface area contributed by atoms with Crippen LogP contribution in [0.1, 0.15) is 32.6 Å². The second-order valence-electron chi connectivity index (χ2n) is 3.65. The predicted molar refractivity (Wildman–Crippen MR) is 34.6 cm³/mol. The van der Waals surface area contributed by atoms with Crippen molar-refractivity contribution in [3.8, 4) is 0 Å². The van der Waals surface area contributed by atoms with E-state index in [-0.39, 0.29) is 0 Å². The highest BCUT2D eigenvalue weighted by Crippen LogP contribution is 2.47. The van der Waals surface area contributed by atoms with Crippen LogP contribution in [0.5, 0.6) is 0 Å². The minimum atomic E-state index is 1.08. The van der Waals surface area contributed by atoms with E-state index >= 15 is 0 Å². The van der Waals surface area contributed by atoms with Gasteiger partial charge in [0, 0.05) is 0 Å². The van der Waals surface area contributed by atoms with Crippen molar-refractivity contribution in [2.75, 3.05) is 0 Å². The van der Waals surface area contributed by atoms with Crippen LogP contribution in [0.3, 0.4) is 0 Å². The normalized spacial score (nSPS) is 52.9. The Labute approximate surface area is 51.3 Å². The van der Waals surface area contributed by atoms with Crippen molar-refractivity contribution in [1.82, 2.24) is 0 Å². The van der Waals surface area contributed by atoms with Gasteiger partial charge in [0.2, 0.25) is 0 Å². The summed E-state index contributed by atoms with van der Waals surface area (Å²) in [5.74, 6) is 3.36. The smallest absolute Gasteiger partial charge is 0.0386 e. The van der Waals surface area contributed by atoms with Crippen molar-refractivity contribution < 1.29 is 0 Å². The molecule has 0 radical (unpaired) electrons. The minimum Gasteiger partial charge on any atom is -0.0622 e. The molecule has 0 heteroatoms. The zero-order chi connectivity index (χ0) is 5.56. The summed E-state index contributed by atoms with van der Waals surface area (Å²) in [6.45, 7) is 2.42. The Kier molecular flexibility index (Phi) is 0.902. The summed E-state index contributed by atoms with van der Waals surface area (Å²) < 4.78 is 0. The van der Waals surface area contributed by atoms with E-state index < -0.39 is 0 Å². The van der Waals surface area contributed by atoms with E-state index in [4.69, 9.17) is 0 Å². The molecular weight excluding hydrogens is 96.1 g/mol. The highest BCUT2D eigenvalue weighted by molar-refractivity contribution is 4.87. The van der Waals surface area contributed by atoms with Gasteiger partial charge >= 0.3 is 0 Å². The number of fused-ring (bicyclic) bond motifs is 2. The maximum Gasteiger partial charge on any atom is -0.0386 e. The summed E-state index contributed by atoms with van der Waals surface area (Å²) in [4.78, 5) is 0. The summed E-state index contributed by atoms with van der Waals surface area (Å²) in [5.41, 5.74) is 0. The molecule has 2 aliphatic rings. The lowest BCUT2D eigenvalue weighted by Crippen LogP contribution is -2.04. The van der Waals surface area contributed by atoms with Crippen LogP contribution in [-0.4, -0.2) is 0 Å². The van der Waals surface area contributed by atoms with Gasteiger partial charge in [0.1, 0.15) is 0 Å². The molecule has 0 spiro atoms. The molecule has 0 amide bonds. The van der Waals surface area contributed by atoms with Crippen molar-refractivity contribution in [1.29, 1.82) is 0 Å². The van der Waals surface area contributed by atoms with E-state index in [0.717, 1.165) is 17.8 Å². The van der Waals surface area contributed by atoms with Crippen LogP contribution in [0.15, 0.2) is 0 Å². The Morgan fingerprint density at radius 2 is 2.00 bits per heavy atom. The van der Waals surface area contributed by atoms with Crippen LogP contribution in [0.2, 0.25) is 0 Å². The van der Waals surface area contributed by atoms with Gasteiger partial charge in [0.25, 0.3) is 0 Å². The number of hydrogen-bond acceptors (Lipinski definition) is 0. The summed E-state index contributed by atoms with van der Waals surface area (Å²) in [6.07, 6.45) is 6.21. The summed E-state index contributed by atoms with van der Waals surface area (Å²) >= 11 is 0. The summed E-state index contributed by atoms with van der Waals surface area (Å²) in [5, 5.41) is 0. The Balaban J connectivity index is 2.11. The first-order valence-electron chi connectivity index (χ1n) is 3.86. The molecule has 2 saturated carbocycles. The molecule has 0 aromatic carbocycles. The van der Waals surface area contributed by atoms with Crippen molar-refractivity contribution in [3.63, 3.8) is 0 Å². The molecule has 2 aliphatic carbocycles. The van der Waals surface area contributed by atoms with Gasteiger partial charge in [-0.05, 0) is 37.0 Å². The van der Waals surface area contributed by atoms with Crippen molar-refractivity contribution in [2.45, 2.75) is 32.6 Å². The molecule has 0 N–H and O–H groups in total. The predicted octanol–water partition coefficient (Wildman–Crippen LogP) is 2.44. The van der Waals surface area contributed by atoms with E-state index in [1.165, 1.54) is 0 Å². The van der Waals surface area contributed by atoms with E-state index in [1.54, 1.807) is 25.7 Å². The minimum absolute atomic E-state index is 1.08. The first-order chi connectivity index (χ1) is 3.86. The average Bonchev–Trinajstić information content (AvgIpc) is 2.23. The lowest BCUT2D eigenvalue weighted by molar-refractivity contribution is 0.360. The second-order valence-corrected chi connectivity index (χ2v) is 3.65. The van der Waals surface area contributed by atoms with Crippen LogP contribution >= 0.6 is 0 Å². The van der Waals surface area contributed by atoms with Gasteiger partial charge in [-0.15, -0.1) is 0 Å². The quantitative estimate of drug-likeness (QED) is 0.449. The largest absolute Gasteiger partial charge is 0.0622 e. The molecule has 3 atom stereocenters. The molecule has 2 fully saturated rings. The number of hydrogen-bond donors (Lipinski definition) is 0. The Bertz CT molecular complexity index is 94.2. The molecule has 0 aromatic heterocycles. The van der Waals surface area contributed by atoms with E-state index in [1.807, 2.05) is 0 Å². The zero-order valence-corrected chi connectivity index (χ0v) is 5.56. The molecule has 0 nitrogen and oxygen atoms in total. The topological polar surface area (TPSA) is 0 Å². The third-order valence-corrected chi connectivity index (χ3v) is 3.09. The SMILES string of the molecule is C[C@@H]1C[C@H]2CC[C@@H]1C2. The lowest BCUT2D eigenvalue weighted by atomic mass is 9.91. The summed E-state index contributed by atoms with van der Waals surface area (Å²) in [7, 11) is 0. The third-order valence-electron chi connectivity index (χ3n) is 3.09. The molecule has 0 heterocycles. The first kappa shape index (κ1) is 4.84. The fourth-order valence-electron chi connectivity index (χ4n) is 2.56. The first-order valence-corrected chi connectivity index (χ1v) is 3.86. The van der Waals surface area contributed by atoms with Crippen LogP contribution in [0.4, 0.5) is 0 Å². The van der Waals surface area contributed by atoms with Gasteiger partial charge in [-0.25, -0.2) is 0 Å². The number of rotatable bonds is 0. The molecule has 2 bridgehead atoms. The van der Waals surface area contributed by atoms with Crippen LogP contribution in [0.25, 0.3) is 0 Å². The highest BCUT2D eigenvalue weighted by Gasteiger charge is 2.36. The van der Waals surface area contributed by atoms with E-state index in [9.17, 15) is 0 Å². The van der Waals surface area contributed by atoms with Gasteiger partial charge in [0.05, 0.1) is 0 Å². The van der Waals surface area contributed by atoms with Crippen LogP contribution < -0.4 is 0 Å². The highest BCUT2D eigenvalue weighted by atomic mass is 14.4. The molecule has 46 valence electrons. The molecular formula is C8H14. The van der Waals surface area contributed by atoms with Crippen molar-refractivity contribution >= 4 is 0 Å². The third kappa shape index (κ3) is 0.519. The zero-order valence-electron chi connectivity index (χ0n) is 5.56. The van der Waals surface area contributed by atoms with E-state index in [0.29, 0.717) is 0 Å². The van der Waals surface area contributed by atoms with Crippen molar-refractivity contribution in [3.05, 3.63) is 0 Å². The maximum atomic E-state index is 2.42. The van der Waals surface area contributed by atoms with Gasteiger partial charge < -0.3 is 0 Å². The maximum absolute atomic E-state index is 2.42. The van der Waals surface area contributed by atoms with Crippen LogP contribution in [-0.2, 0) is 0 Å². The lowest BCUT2D eigenvalue weighted by Gasteiger charge is -2.15. The molecule has 0 unspecified atom stereocenters. The molecule has 0 saturated heterocycles. The van der Waals surface area contributed by atoms with Gasteiger partial charge in [-0.1, -0.05) is 13.3 Å². The molecule has 8 heavy (non-hydrogen) atoms. The summed E-state index contributed by atoms with van der Waals surface area (Å²) in [6, 6.07) is 0. The van der Waals surface area contributed by atoms with Crippen molar-refractivity contribution in [2.24, 2.45) is 17.8 Å². The fraction of sp³-hybridized carbons (Fsp3) is 1.00. The fourth-order valence-corrected chi connectivity index (χ4v) is 2.56. The molecule has 0 aliphatic heterocycles. The Morgan fingerprint density at radius 3 is 2.25 bits per heavy atom. The van der Waals surface area contributed by atoms with Gasteiger partial charge in [0.15, 0.2) is 0 Å². The molecule has 0 aromatic rings. The standard InChI is InChI=1S/C8H14/c1-6-4-7-2-3-8(6)5-7/h6-8H,2-5H2,1H3/t6-,7-,8-/m1/s1. The van der Waals surface area contributed by atoms with E-state index in [2.05, 4.69) is 6.92 Å². The Hall–Kier alpha value is 0. The Morgan fingerprint density at radius 1 is 1.12 bits per heavy atom. The average molecular weight is 110 g/mol. The van der Waals surface area contributed by atoms with Crippen LogP contribution in [0, 0.1) is 17.8 Å². The van der Waals surface area contributed by atoms with Gasteiger partial charge in [-0.2, -0.15) is 0 Å². The monoisotopic (exact) mass is 110 g/mol. The second kappa shape index (κ2) is 1.49.